The number of nitrogens with zero attached hydrogens (tertiary/aromatic N) is 7. The molecule has 1 aromatic carbocycles. The first kappa shape index (κ1) is 35.5. The summed E-state index contributed by atoms with van der Waals surface area (Å²) >= 11 is 0. The Balaban J connectivity index is 0.000000378. The fourth-order valence-corrected chi connectivity index (χ4v) is 4.58. The molecule has 0 bridgehead atoms. The van der Waals surface area contributed by atoms with E-state index in [0.717, 1.165) is 51.0 Å². The molecule has 2 aromatic rings. The Bertz CT molecular complexity index is 1270. The van der Waals surface area contributed by atoms with Crippen LogP contribution in [0.3, 0.4) is 0 Å². The van der Waals surface area contributed by atoms with Gasteiger partial charge in [0.15, 0.2) is 5.82 Å². The number of aromatic nitrogens is 2. The predicted molar refractivity (Wildman–Crippen MR) is 180 cm³/mol. The van der Waals surface area contributed by atoms with Gasteiger partial charge >= 0.3 is 0 Å². The van der Waals surface area contributed by atoms with Crippen LogP contribution in [0.15, 0.2) is 45.1 Å². The molecule has 1 aromatic heterocycles. The van der Waals surface area contributed by atoms with Gasteiger partial charge in [0.1, 0.15) is 17.7 Å². The largest absolute Gasteiger partial charge is 0.390 e. The van der Waals surface area contributed by atoms with E-state index in [-0.39, 0.29) is 11.5 Å². The van der Waals surface area contributed by atoms with Crippen LogP contribution in [0.2, 0.25) is 0 Å². The highest BCUT2D eigenvalue weighted by atomic mass is 16.1. The Morgan fingerprint density at radius 2 is 1.70 bits per heavy atom. The number of aliphatic imine (C=N–C) groups is 2. The van der Waals surface area contributed by atoms with Crippen molar-refractivity contribution < 1.29 is 4.79 Å². The molecule has 2 aliphatic heterocycles. The maximum absolute atomic E-state index is 12.2. The van der Waals surface area contributed by atoms with Gasteiger partial charge in [-0.2, -0.15) is 0 Å². The second kappa shape index (κ2) is 18.8. The number of aryl methyl sites for hydroxylation is 1. The fourth-order valence-electron chi connectivity index (χ4n) is 4.58. The normalized spacial score (nSPS) is 16.3. The van der Waals surface area contributed by atoms with Gasteiger partial charge in [0.2, 0.25) is 0 Å². The molecule has 0 amide bonds. The van der Waals surface area contributed by atoms with Gasteiger partial charge in [0.05, 0.1) is 18.2 Å². The number of likely N-dealkylation sites (N-methyl/N-ethyl adjacent to an activating group) is 2. The summed E-state index contributed by atoms with van der Waals surface area (Å²) in [5.41, 5.74) is 9.33. The summed E-state index contributed by atoms with van der Waals surface area (Å²) in [5, 5.41) is 0. The maximum atomic E-state index is 12.2. The van der Waals surface area contributed by atoms with Crippen LogP contribution in [-0.2, 0) is 4.79 Å². The summed E-state index contributed by atoms with van der Waals surface area (Å²) in [4.78, 5) is 46.7. The Hall–Kier alpha value is -3.67. The molecule has 2 fully saturated rings. The highest BCUT2D eigenvalue weighted by Gasteiger charge is 2.16. The maximum Gasteiger partial charge on any atom is 0.271 e. The smallest absolute Gasteiger partial charge is 0.271 e. The average molecular weight is 594 g/mol. The van der Waals surface area contributed by atoms with Crippen LogP contribution >= 0.6 is 0 Å². The molecule has 11 nitrogen and oxygen atoms in total. The summed E-state index contributed by atoms with van der Waals surface area (Å²) in [6, 6.07) is 6.18. The van der Waals surface area contributed by atoms with Gasteiger partial charge in [0, 0.05) is 44.3 Å². The SMILES string of the molecule is CN(C)C/C=C/C=O.CN1CCCC1.Cc1cc(N=Cc2nc(C(C)C)c(=O)[nH]c2/N=C/N)ccc1N1CCN(C)CC1. The number of aromatic amines is 1. The zero-order chi connectivity index (χ0) is 31.8. The lowest BCUT2D eigenvalue weighted by atomic mass is 10.1. The van der Waals surface area contributed by atoms with Gasteiger partial charge in [0.25, 0.3) is 5.56 Å². The summed E-state index contributed by atoms with van der Waals surface area (Å²) in [6.07, 6.45) is 9.67. The minimum Gasteiger partial charge on any atom is -0.390 e. The van der Waals surface area contributed by atoms with Crippen molar-refractivity contribution in [3.05, 3.63) is 57.7 Å². The van der Waals surface area contributed by atoms with Crippen molar-refractivity contribution in [2.75, 3.05) is 78.9 Å². The van der Waals surface area contributed by atoms with E-state index < -0.39 is 0 Å². The molecule has 0 radical (unpaired) electrons. The molecule has 236 valence electrons. The lowest BCUT2D eigenvalue weighted by Gasteiger charge is -2.35. The minimum absolute atomic E-state index is 0.00748. The molecular weight excluding hydrogens is 542 g/mol. The Morgan fingerprint density at radius 3 is 2.21 bits per heavy atom. The standard InChI is InChI=1S/C21H29N7O.C6H11NO.C5H11N/c1-14(2)19-21(29)26-20(24-13-22)17(25-19)12-23-16-5-6-18(15(3)11-16)28-9-7-27(4)8-10-28;1-7(2)5-3-4-6-8;1-6-4-2-3-5-6/h5-6,11-14H,7-10H2,1-4H3,(H3,22,24,26,29);3-4,6H,5H2,1-2H3;2-5H2,1H3/b;4-3+;. The number of hydrogen-bond acceptors (Lipinski definition) is 9. The van der Waals surface area contributed by atoms with Gasteiger partial charge < -0.3 is 30.3 Å². The molecule has 3 N–H and O–H groups in total. The van der Waals surface area contributed by atoms with E-state index in [9.17, 15) is 9.59 Å². The van der Waals surface area contributed by atoms with Gasteiger partial charge in [-0.05, 0) is 90.9 Å². The average Bonchev–Trinajstić information content (AvgIpc) is 3.45. The van der Waals surface area contributed by atoms with E-state index in [1.165, 1.54) is 43.3 Å². The molecule has 3 heterocycles. The number of anilines is 1. The minimum atomic E-state index is -0.259. The van der Waals surface area contributed by atoms with E-state index >= 15 is 0 Å². The quantitative estimate of drug-likeness (QED) is 0.207. The highest BCUT2D eigenvalue weighted by Crippen LogP contribution is 2.26. The Morgan fingerprint density at radius 1 is 1.05 bits per heavy atom. The molecule has 2 aliphatic rings. The van der Waals surface area contributed by atoms with Gasteiger partial charge in [-0.1, -0.05) is 19.9 Å². The molecule has 11 heteroatoms. The molecule has 0 atom stereocenters. The fraction of sp³-hybridized carbons (Fsp3) is 0.531. The number of rotatable bonds is 8. The second-order valence-corrected chi connectivity index (χ2v) is 11.5. The van der Waals surface area contributed by atoms with Crippen molar-refractivity contribution in [1.82, 2.24) is 24.7 Å². The summed E-state index contributed by atoms with van der Waals surface area (Å²) in [7, 11) is 8.23. The third kappa shape index (κ3) is 12.6. The van der Waals surface area contributed by atoms with Crippen LogP contribution in [0.5, 0.6) is 0 Å². The van der Waals surface area contributed by atoms with E-state index in [4.69, 9.17) is 5.73 Å². The molecule has 43 heavy (non-hydrogen) atoms. The number of piperazine rings is 1. The number of H-pyrrole nitrogens is 1. The Kier molecular flexibility index (Phi) is 15.5. The van der Waals surface area contributed by atoms with Crippen molar-refractivity contribution in [3.8, 4) is 0 Å². The molecule has 2 saturated heterocycles. The van der Waals surface area contributed by atoms with E-state index in [1.807, 2.05) is 45.0 Å². The molecular formula is C32H51N9O2. The van der Waals surface area contributed by atoms with Crippen molar-refractivity contribution in [2.24, 2.45) is 15.7 Å². The number of hydrogen-bond donors (Lipinski definition) is 2. The zero-order valence-corrected chi connectivity index (χ0v) is 27.1. The first-order valence-corrected chi connectivity index (χ1v) is 15.0. The van der Waals surface area contributed by atoms with Crippen molar-refractivity contribution in [1.29, 1.82) is 0 Å². The predicted octanol–water partition coefficient (Wildman–Crippen LogP) is 3.34. The van der Waals surface area contributed by atoms with Crippen molar-refractivity contribution in [2.45, 2.75) is 39.5 Å². The third-order valence-electron chi connectivity index (χ3n) is 7.07. The lowest BCUT2D eigenvalue weighted by molar-refractivity contribution is -0.104. The second-order valence-electron chi connectivity index (χ2n) is 11.5. The summed E-state index contributed by atoms with van der Waals surface area (Å²) < 4.78 is 0. The van der Waals surface area contributed by atoms with Gasteiger partial charge in [-0.15, -0.1) is 0 Å². The molecule has 0 unspecified atom stereocenters. The van der Waals surface area contributed by atoms with E-state index in [1.54, 1.807) is 6.21 Å². The highest BCUT2D eigenvalue weighted by molar-refractivity contribution is 5.85. The summed E-state index contributed by atoms with van der Waals surface area (Å²) in [5.74, 6) is 0.295. The zero-order valence-electron chi connectivity index (χ0n) is 27.1. The van der Waals surface area contributed by atoms with Crippen LogP contribution in [0, 0.1) is 6.92 Å². The number of nitrogens with two attached hydrogens (primary N) is 1. The number of allylic oxidation sites excluding steroid dienone is 1. The molecule has 0 saturated carbocycles. The van der Waals surface area contributed by atoms with Gasteiger partial charge in [-0.25, -0.2) is 9.98 Å². The van der Waals surface area contributed by atoms with Crippen LogP contribution in [0.4, 0.5) is 17.2 Å². The lowest BCUT2D eigenvalue weighted by Crippen LogP contribution is -2.44. The molecule has 0 aliphatic carbocycles. The first-order chi connectivity index (χ1) is 20.5. The number of carbonyl (C=O) groups excluding carboxylic acids is 1. The number of benzene rings is 1. The monoisotopic (exact) mass is 593 g/mol. The van der Waals surface area contributed by atoms with Crippen LogP contribution in [0.1, 0.15) is 49.6 Å². The van der Waals surface area contributed by atoms with Crippen LogP contribution in [0.25, 0.3) is 0 Å². The molecule has 4 rings (SSSR count). The molecule has 0 spiro atoms. The van der Waals surface area contributed by atoms with Crippen molar-refractivity contribution in [3.63, 3.8) is 0 Å². The number of nitrogens with one attached hydrogen (secondary N) is 1. The number of likely N-dealkylation sites (tertiary alicyclic amines) is 1. The Labute approximate surface area is 257 Å². The van der Waals surface area contributed by atoms with Crippen molar-refractivity contribution >= 4 is 36.0 Å². The van der Waals surface area contributed by atoms with E-state index in [2.05, 4.69) is 67.8 Å². The van der Waals surface area contributed by atoms with Crippen LogP contribution in [-0.4, -0.2) is 118 Å². The van der Waals surface area contributed by atoms with Gasteiger partial charge in [-0.3, -0.25) is 14.6 Å². The topological polar surface area (TPSA) is 127 Å². The third-order valence-corrected chi connectivity index (χ3v) is 7.07. The summed E-state index contributed by atoms with van der Waals surface area (Å²) in [6.45, 7) is 13.6. The number of aldehydes is 1. The first-order valence-electron chi connectivity index (χ1n) is 15.0. The van der Waals surface area contributed by atoms with E-state index in [0.29, 0.717) is 17.2 Å². The van der Waals surface area contributed by atoms with Crippen LogP contribution < -0.4 is 16.2 Å². The number of carbonyl (C=O) groups is 1.